The largest absolute Gasteiger partial charge is 0.480 e. The first-order chi connectivity index (χ1) is 16.8. The van der Waals surface area contributed by atoms with Crippen molar-refractivity contribution in [3.05, 3.63) is 18.2 Å². The van der Waals surface area contributed by atoms with Crippen LogP contribution in [0.4, 0.5) is 0 Å². The van der Waals surface area contributed by atoms with E-state index < -0.39 is 53.8 Å². The second kappa shape index (κ2) is 14.8. The average molecular weight is 510 g/mol. The minimum Gasteiger partial charge on any atom is -0.480 e. The highest BCUT2D eigenvalue weighted by molar-refractivity contribution is 5.94. The first-order valence-corrected chi connectivity index (χ1v) is 12.0. The van der Waals surface area contributed by atoms with Gasteiger partial charge in [0.15, 0.2) is 0 Å². The van der Waals surface area contributed by atoms with Crippen LogP contribution < -0.4 is 27.4 Å². The molecule has 4 amide bonds. The van der Waals surface area contributed by atoms with Crippen LogP contribution in [0.1, 0.15) is 59.1 Å². The quantitative estimate of drug-likeness (QED) is 0.149. The van der Waals surface area contributed by atoms with Crippen LogP contribution in [0, 0.1) is 11.8 Å². The Labute approximate surface area is 210 Å². The summed E-state index contributed by atoms with van der Waals surface area (Å²) in [7, 11) is 0. The third-order valence-corrected chi connectivity index (χ3v) is 5.76. The van der Waals surface area contributed by atoms with Crippen LogP contribution in [0.2, 0.25) is 0 Å². The summed E-state index contributed by atoms with van der Waals surface area (Å²) in [6.07, 6.45) is 3.58. The lowest BCUT2D eigenvalue weighted by molar-refractivity contribution is -0.144. The van der Waals surface area contributed by atoms with Crippen LogP contribution >= 0.6 is 0 Å². The lowest BCUT2D eigenvalue weighted by Crippen LogP contribution is -2.58. The van der Waals surface area contributed by atoms with Crippen molar-refractivity contribution in [1.29, 1.82) is 0 Å². The van der Waals surface area contributed by atoms with Gasteiger partial charge in [0.05, 0.1) is 12.4 Å². The van der Waals surface area contributed by atoms with E-state index in [-0.39, 0.29) is 37.5 Å². The predicted molar refractivity (Wildman–Crippen MR) is 131 cm³/mol. The molecular formula is C23H39N7O6. The van der Waals surface area contributed by atoms with Gasteiger partial charge in [0, 0.05) is 24.7 Å². The van der Waals surface area contributed by atoms with Gasteiger partial charge in [0.25, 0.3) is 0 Å². The van der Waals surface area contributed by atoms with Crippen molar-refractivity contribution in [2.75, 3.05) is 0 Å². The summed E-state index contributed by atoms with van der Waals surface area (Å²) < 4.78 is 0. The number of H-pyrrole nitrogens is 1. The Morgan fingerprint density at radius 1 is 1.03 bits per heavy atom. The van der Waals surface area contributed by atoms with E-state index >= 15 is 0 Å². The lowest BCUT2D eigenvalue weighted by atomic mass is 9.98. The lowest BCUT2D eigenvalue weighted by Gasteiger charge is -2.27. The molecule has 0 aliphatic carbocycles. The third-order valence-electron chi connectivity index (χ3n) is 5.76. The number of carboxylic acids is 1. The number of aliphatic carboxylic acids is 1. The maximum atomic E-state index is 13.1. The summed E-state index contributed by atoms with van der Waals surface area (Å²) in [5.74, 6) is -4.25. The van der Waals surface area contributed by atoms with Gasteiger partial charge in [-0.25, -0.2) is 9.78 Å². The predicted octanol–water partition coefficient (Wildman–Crippen LogP) is -0.824. The number of rotatable bonds is 16. The van der Waals surface area contributed by atoms with Gasteiger partial charge in [-0.3, -0.25) is 19.2 Å². The Bertz CT molecular complexity index is 890. The monoisotopic (exact) mass is 509 g/mol. The van der Waals surface area contributed by atoms with Crippen LogP contribution in [0.5, 0.6) is 0 Å². The molecule has 0 saturated carbocycles. The molecule has 0 aliphatic heterocycles. The second-order valence-electron chi connectivity index (χ2n) is 9.35. The van der Waals surface area contributed by atoms with Crippen molar-refractivity contribution in [3.63, 3.8) is 0 Å². The molecule has 0 aromatic carbocycles. The van der Waals surface area contributed by atoms with Gasteiger partial charge < -0.3 is 37.5 Å². The Morgan fingerprint density at radius 3 is 2.14 bits per heavy atom. The molecule has 1 heterocycles. The topological polar surface area (TPSA) is 222 Å². The molecule has 0 aliphatic rings. The number of aromatic nitrogens is 2. The Morgan fingerprint density at radius 2 is 1.64 bits per heavy atom. The highest BCUT2D eigenvalue weighted by Crippen LogP contribution is 2.11. The van der Waals surface area contributed by atoms with Gasteiger partial charge in [-0.2, -0.15) is 0 Å². The highest BCUT2D eigenvalue weighted by Gasteiger charge is 2.32. The van der Waals surface area contributed by atoms with Crippen molar-refractivity contribution in [3.8, 4) is 0 Å². The van der Waals surface area contributed by atoms with Gasteiger partial charge >= 0.3 is 5.97 Å². The number of nitrogens with two attached hydrogens (primary N) is 2. The maximum absolute atomic E-state index is 13.1. The number of carbonyl (C=O) groups is 5. The SMILES string of the molecule is CCC(C)C(NC(=O)C(CCC(N)=O)NC(=O)C(CC(C)C)NC(=O)C(N)Cc1cnc[nH]1)C(=O)O. The molecule has 5 unspecified atom stereocenters. The zero-order chi connectivity index (χ0) is 27.4. The molecule has 1 aromatic heterocycles. The summed E-state index contributed by atoms with van der Waals surface area (Å²) in [6, 6.07) is -4.38. The van der Waals surface area contributed by atoms with Gasteiger partial charge in [-0.05, 0) is 24.7 Å². The van der Waals surface area contributed by atoms with E-state index in [1.54, 1.807) is 13.8 Å². The Balaban J connectivity index is 3.00. The number of hydrogen-bond acceptors (Lipinski definition) is 7. The molecule has 1 rings (SSSR count). The average Bonchev–Trinajstić information content (AvgIpc) is 3.31. The fraction of sp³-hybridized carbons (Fsp3) is 0.652. The molecule has 202 valence electrons. The number of aromatic amines is 1. The molecular weight excluding hydrogens is 470 g/mol. The third kappa shape index (κ3) is 10.4. The molecule has 36 heavy (non-hydrogen) atoms. The number of imidazole rings is 1. The van der Waals surface area contributed by atoms with Crippen molar-refractivity contribution < 1.29 is 29.1 Å². The second-order valence-corrected chi connectivity index (χ2v) is 9.35. The Kier molecular flexibility index (Phi) is 12.6. The number of amides is 4. The minimum atomic E-state index is -1.24. The molecule has 0 spiro atoms. The number of nitrogens with zero attached hydrogens (tertiary/aromatic N) is 1. The normalized spacial score (nSPS) is 15.3. The standard InChI is InChI=1S/C23H39N7O6/c1-5-13(4)19(23(35)36)30-21(33)16(6-7-18(25)31)28-22(34)17(8-12(2)3)29-20(32)15(24)9-14-10-26-11-27-14/h10-13,15-17,19H,5-9,24H2,1-4H3,(H2,25,31)(H,26,27)(H,28,34)(H,29,32)(H,30,33)(H,35,36). The van der Waals surface area contributed by atoms with Crippen LogP contribution in [-0.2, 0) is 30.4 Å². The van der Waals surface area contributed by atoms with Crippen LogP contribution in [0.15, 0.2) is 12.5 Å². The number of carboxylic acid groups (broad SMARTS) is 1. The molecule has 13 nitrogen and oxygen atoms in total. The first kappa shape index (κ1) is 30.6. The Hall–Kier alpha value is -3.48. The summed E-state index contributed by atoms with van der Waals surface area (Å²) in [6.45, 7) is 7.18. The molecule has 13 heteroatoms. The van der Waals surface area contributed by atoms with Crippen molar-refractivity contribution >= 4 is 29.6 Å². The smallest absolute Gasteiger partial charge is 0.326 e. The van der Waals surface area contributed by atoms with Gasteiger partial charge in [0.2, 0.25) is 23.6 Å². The van der Waals surface area contributed by atoms with Gasteiger partial charge in [-0.15, -0.1) is 0 Å². The minimum absolute atomic E-state index is 0.00423. The van der Waals surface area contributed by atoms with E-state index in [4.69, 9.17) is 11.5 Å². The van der Waals surface area contributed by atoms with E-state index in [1.165, 1.54) is 12.5 Å². The van der Waals surface area contributed by atoms with E-state index in [0.717, 1.165) is 0 Å². The fourth-order valence-electron chi connectivity index (χ4n) is 3.47. The maximum Gasteiger partial charge on any atom is 0.326 e. The molecule has 9 N–H and O–H groups in total. The molecule has 0 radical (unpaired) electrons. The number of carbonyl (C=O) groups excluding carboxylic acids is 4. The van der Waals surface area contributed by atoms with E-state index in [9.17, 15) is 29.1 Å². The molecule has 0 bridgehead atoms. The van der Waals surface area contributed by atoms with E-state index in [2.05, 4.69) is 25.9 Å². The number of primary amides is 1. The number of hydrogen-bond donors (Lipinski definition) is 7. The first-order valence-electron chi connectivity index (χ1n) is 12.0. The van der Waals surface area contributed by atoms with Crippen LogP contribution in [-0.4, -0.2) is 68.8 Å². The zero-order valence-electron chi connectivity index (χ0n) is 21.2. The van der Waals surface area contributed by atoms with Crippen molar-refractivity contribution in [1.82, 2.24) is 25.9 Å². The summed E-state index contributed by atoms with van der Waals surface area (Å²) in [5.41, 5.74) is 11.8. The molecule has 0 saturated heterocycles. The molecule has 1 aromatic rings. The van der Waals surface area contributed by atoms with Crippen LogP contribution in [0.25, 0.3) is 0 Å². The van der Waals surface area contributed by atoms with E-state index in [0.29, 0.717) is 12.1 Å². The zero-order valence-corrected chi connectivity index (χ0v) is 21.2. The van der Waals surface area contributed by atoms with Crippen molar-refractivity contribution in [2.24, 2.45) is 23.3 Å². The van der Waals surface area contributed by atoms with Gasteiger partial charge in [-0.1, -0.05) is 34.1 Å². The van der Waals surface area contributed by atoms with Crippen LogP contribution in [0.3, 0.4) is 0 Å². The van der Waals surface area contributed by atoms with E-state index in [1.807, 2.05) is 13.8 Å². The highest BCUT2D eigenvalue weighted by atomic mass is 16.4. The summed E-state index contributed by atoms with van der Waals surface area (Å²) in [5, 5.41) is 17.1. The summed E-state index contributed by atoms with van der Waals surface area (Å²) >= 11 is 0. The van der Waals surface area contributed by atoms with Gasteiger partial charge in [0.1, 0.15) is 18.1 Å². The molecule has 0 fully saturated rings. The van der Waals surface area contributed by atoms with Crippen molar-refractivity contribution in [2.45, 2.75) is 84.0 Å². The fourth-order valence-corrected chi connectivity index (χ4v) is 3.47. The number of nitrogens with one attached hydrogen (secondary N) is 4. The molecule has 5 atom stereocenters. The summed E-state index contributed by atoms with van der Waals surface area (Å²) in [4.78, 5) is 68.4.